The zero-order valence-corrected chi connectivity index (χ0v) is 11.8. The fraction of sp³-hybridized carbons (Fsp3) is 0.429. The number of rotatable bonds is 6. The first-order valence-corrected chi connectivity index (χ1v) is 6.61. The summed E-state index contributed by atoms with van der Waals surface area (Å²) in [4.78, 5) is 4.23. The van der Waals surface area contributed by atoms with Crippen LogP contribution in [0.1, 0.15) is 24.6 Å². The summed E-state index contributed by atoms with van der Waals surface area (Å²) in [5.74, 6) is 0. The van der Waals surface area contributed by atoms with Crippen LogP contribution in [0.15, 0.2) is 24.7 Å². The van der Waals surface area contributed by atoms with E-state index in [0.717, 1.165) is 36.6 Å². The molecule has 0 saturated heterocycles. The molecule has 19 heavy (non-hydrogen) atoms. The Balaban J connectivity index is 1.97. The molecule has 0 spiro atoms. The van der Waals surface area contributed by atoms with Gasteiger partial charge in [-0.05, 0) is 19.4 Å². The van der Waals surface area contributed by atoms with Gasteiger partial charge >= 0.3 is 0 Å². The van der Waals surface area contributed by atoms with Gasteiger partial charge in [0.2, 0.25) is 0 Å². The molecule has 0 atom stereocenters. The van der Waals surface area contributed by atoms with Crippen molar-refractivity contribution >= 4 is 11.4 Å². The zero-order chi connectivity index (χ0) is 13.7. The molecule has 0 aliphatic heterocycles. The number of aryl methyl sites for hydroxylation is 2. The smallest absolute Gasteiger partial charge is 0.0643 e. The van der Waals surface area contributed by atoms with E-state index in [1.807, 2.05) is 37.2 Å². The minimum absolute atomic E-state index is 0.762. The van der Waals surface area contributed by atoms with E-state index in [9.17, 15) is 0 Å². The molecule has 2 heterocycles. The Labute approximate surface area is 114 Å². The van der Waals surface area contributed by atoms with Crippen LogP contribution >= 0.6 is 0 Å². The molecule has 2 rings (SSSR count). The molecule has 0 aliphatic carbocycles. The first kappa shape index (κ1) is 13.4. The summed E-state index contributed by atoms with van der Waals surface area (Å²) >= 11 is 0. The van der Waals surface area contributed by atoms with Crippen LogP contribution in [0.5, 0.6) is 0 Å². The van der Waals surface area contributed by atoms with E-state index in [2.05, 4.69) is 33.7 Å². The molecule has 0 fully saturated rings. The topological polar surface area (TPSA) is 54.8 Å². The third kappa shape index (κ3) is 3.71. The fourth-order valence-electron chi connectivity index (χ4n) is 1.92. The molecule has 5 nitrogen and oxygen atoms in total. The van der Waals surface area contributed by atoms with Crippen LogP contribution in [-0.2, 0) is 13.6 Å². The van der Waals surface area contributed by atoms with Gasteiger partial charge in [-0.1, -0.05) is 6.92 Å². The maximum Gasteiger partial charge on any atom is 0.0643 e. The summed E-state index contributed by atoms with van der Waals surface area (Å²) < 4.78 is 1.84. The van der Waals surface area contributed by atoms with Gasteiger partial charge in [-0.2, -0.15) is 5.10 Å². The third-order valence-corrected chi connectivity index (χ3v) is 2.92. The molecule has 5 heteroatoms. The van der Waals surface area contributed by atoms with Gasteiger partial charge in [0.05, 0.1) is 29.5 Å². The van der Waals surface area contributed by atoms with Crippen LogP contribution in [0.25, 0.3) is 0 Å². The Hall–Kier alpha value is -2.04. The predicted molar refractivity (Wildman–Crippen MR) is 78.3 cm³/mol. The molecule has 2 aromatic rings. The fourth-order valence-corrected chi connectivity index (χ4v) is 1.92. The molecule has 0 amide bonds. The highest BCUT2D eigenvalue weighted by atomic mass is 15.2. The second-order valence-corrected chi connectivity index (χ2v) is 4.66. The van der Waals surface area contributed by atoms with E-state index in [1.54, 1.807) is 0 Å². The van der Waals surface area contributed by atoms with E-state index in [-0.39, 0.29) is 0 Å². The predicted octanol–water partition coefficient (Wildman–Crippen LogP) is 2.56. The minimum Gasteiger partial charge on any atom is -0.384 e. The minimum atomic E-state index is 0.762. The summed E-state index contributed by atoms with van der Waals surface area (Å²) in [5.41, 5.74) is 4.33. The van der Waals surface area contributed by atoms with Crippen molar-refractivity contribution in [2.75, 3.05) is 17.2 Å². The Bertz CT molecular complexity index is 532. The lowest BCUT2D eigenvalue weighted by Crippen LogP contribution is -2.03. The van der Waals surface area contributed by atoms with Crippen LogP contribution in [0.2, 0.25) is 0 Å². The Morgan fingerprint density at radius 2 is 1.95 bits per heavy atom. The first-order valence-electron chi connectivity index (χ1n) is 6.61. The van der Waals surface area contributed by atoms with Crippen molar-refractivity contribution in [1.82, 2.24) is 14.8 Å². The van der Waals surface area contributed by atoms with Gasteiger partial charge in [-0.15, -0.1) is 0 Å². The number of nitrogens with one attached hydrogen (secondary N) is 2. The largest absolute Gasteiger partial charge is 0.384 e. The highest BCUT2D eigenvalue weighted by Gasteiger charge is 2.03. The average Bonchev–Trinajstić information content (AvgIpc) is 2.73. The Morgan fingerprint density at radius 3 is 2.58 bits per heavy atom. The normalized spacial score (nSPS) is 10.5. The molecular formula is C14H21N5. The molecule has 0 saturated carbocycles. The van der Waals surface area contributed by atoms with Crippen molar-refractivity contribution < 1.29 is 0 Å². The molecule has 0 aliphatic rings. The molecule has 0 bridgehead atoms. The van der Waals surface area contributed by atoms with Crippen LogP contribution in [0, 0.1) is 6.92 Å². The highest BCUT2D eigenvalue weighted by Crippen LogP contribution is 2.14. The molecule has 0 unspecified atom stereocenters. The van der Waals surface area contributed by atoms with Crippen molar-refractivity contribution in [3.8, 4) is 0 Å². The van der Waals surface area contributed by atoms with Crippen molar-refractivity contribution in [3.05, 3.63) is 35.9 Å². The lowest BCUT2D eigenvalue weighted by molar-refractivity contribution is 0.756. The van der Waals surface area contributed by atoms with Crippen molar-refractivity contribution in [2.24, 2.45) is 7.05 Å². The molecule has 2 N–H and O–H groups in total. The zero-order valence-electron chi connectivity index (χ0n) is 11.8. The van der Waals surface area contributed by atoms with Gasteiger partial charge in [0, 0.05) is 31.9 Å². The number of pyridine rings is 1. The average molecular weight is 259 g/mol. The number of hydrogen-bond acceptors (Lipinski definition) is 4. The summed E-state index contributed by atoms with van der Waals surface area (Å²) in [7, 11) is 1.94. The van der Waals surface area contributed by atoms with Crippen LogP contribution < -0.4 is 10.6 Å². The molecular weight excluding hydrogens is 238 g/mol. The lowest BCUT2D eigenvalue weighted by atomic mass is 10.2. The van der Waals surface area contributed by atoms with Crippen LogP contribution in [-0.4, -0.2) is 21.3 Å². The van der Waals surface area contributed by atoms with E-state index in [4.69, 9.17) is 0 Å². The summed E-state index contributed by atoms with van der Waals surface area (Å²) in [6, 6.07) is 2.08. The second kappa shape index (κ2) is 6.22. The van der Waals surface area contributed by atoms with Gasteiger partial charge in [-0.3, -0.25) is 9.67 Å². The first-order chi connectivity index (χ1) is 9.19. The second-order valence-electron chi connectivity index (χ2n) is 4.66. The standard InChI is InChI=1S/C14H21N5/c1-4-5-16-13-6-14(9-15-8-13)17-7-12-10-19(3)18-11(12)2/h6,8-10,16-17H,4-5,7H2,1-3H3. The van der Waals surface area contributed by atoms with E-state index in [1.165, 1.54) is 5.56 Å². The van der Waals surface area contributed by atoms with Crippen LogP contribution in [0.3, 0.4) is 0 Å². The summed E-state index contributed by atoms with van der Waals surface area (Å²) in [6.07, 6.45) is 6.82. The summed E-state index contributed by atoms with van der Waals surface area (Å²) in [6.45, 7) is 5.90. The number of anilines is 2. The Morgan fingerprint density at radius 1 is 1.21 bits per heavy atom. The number of hydrogen-bond donors (Lipinski definition) is 2. The summed E-state index contributed by atoms with van der Waals surface area (Å²) in [5, 5.41) is 11.0. The Kier molecular flexibility index (Phi) is 4.39. The number of aromatic nitrogens is 3. The van der Waals surface area contributed by atoms with Crippen molar-refractivity contribution in [2.45, 2.75) is 26.8 Å². The van der Waals surface area contributed by atoms with E-state index < -0.39 is 0 Å². The molecule has 0 radical (unpaired) electrons. The monoisotopic (exact) mass is 259 g/mol. The van der Waals surface area contributed by atoms with Gasteiger partial charge in [-0.25, -0.2) is 0 Å². The van der Waals surface area contributed by atoms with Gasteiger partial charge in [0.25, 0.3) is 0 Å². The van der Waals surface area contributed by atoms with Gasteiger partial charge < -0.3 is 10.6 Å². The number of nitrogens with zero attached hydrogens (tertiary/aromatic N) is 3. The maximum absolute atomic E-state index is 4.33. The third-order valence-electron chi connectivity index (χ3n) is 2.92. The van der Waals surface area contributed by atoms with E-state index >= 15 is 0 Å². The highest BCUT2D eigenvalue weighted by molar-refractivity contribution is 5.54. The molecule has 102 valence electrons. The van der Waals surface area contributed by atoms with Crippen molar-refractivity contribution in [3.63, 3.8) is 0 Å². The van der Waals surface area contributed by atoms with Crippen molar-refractivity contribution in [1.29, 1.82) is 0 Å². The van der Waals surface area contributed by atoms with Crippen LogP contribution in [0.4, 0.5) is 11.4 Å². The molecule has 0 aromatic carbocycles. The van der Waals surface area contributed by atoms with Gasteiger partial charge in [0.15, 0.2) is 0 Å². The lowest BCUT2D eigenvalue weighted by Gasteiger charge is -2.08. The molecule has 2 aromatic heterocycles. The SMILES string of the molecule is CCCNc1cncc(NCc2cn(C)nc2C)c1. The maximum atomic E-state index is 4.33. The van der Waals surface area contributed by atoms with E-state index in [0.29, 0.717) is 0 Å². The quantitative estimate of drug-likeness (QED) is 0.837. The van der Waals surface area contributed by atoms with Gasteiger partial charge in [0.1, 0.15) is 0 Å².